The predicted octanol–water partition coefficient (Wildman–Crippen LogP) is 4.62. The van der Waals surface area contributed by atoms with Crippen LogP contribution in [0.2, 0.25) is 0 Å². The predicted molar refractivity (Wildman–Crippen MR) is 103 cm³/mol. The molecule has 6 heteroatoms. The minimum atomic E-state index is 0. The van der Waals surface area contributed by atoms with E-state index in [1.807, 2.05) is 49.4 Å². The molecule has 0 saturated carbocycles. The highest BCUT2D eigenvalue weighted by molar-refractivity contribution is 5.94. The molecule has 0 atom stereocenters. The summed E-state index contributed by atoms with van der Waals surface area (Å²) in [7, 11) is 0. The molecule has 0 aliphatic heterocycles. The van der Waals surface area contributed by atoms with Crippen molar-refractivity contribution < 1.29 is 10.6 Å². The van der Waals surface area contributed by atoms with E-state index in [-0.39, 0.29) is 7.21 Å². The van der Waals surface area contributed by atoms with Crippen molar-refractivity contribution in [3.63, 3.8) is 0 Å². The molecule has 27 heavy (non-hydrogen) atoms. The molecular weight excluding hydrogens is 340 g/mol. The number of rotatable bonds is 4. The molecule has 2 aromatic heterocycles. The van der Waals surface area contributed by atoms with E-state index in [1.54, 1.807) is 25.3 Å². The second-order valence-corrected chi connectivity index (χ2v) is 6.10. The molecule has 0 saturated heterocycles. The Hall–Kier alpha value is -3.67. The first-order chi connectivity index (χ1) is 13.1. The second kappa shape index (κ2) is 6.92. The third-order valence-corrected chi connectivity index (χ3v) is 4.19. The standard InChI is InChI=1S/C21H16N4O2.H2/c1-13-19(21-25-24-20(27-21)17-6-4-3-5-7-17)23-18(12-22-13)16-10-8-15(9-11-16)14(2)26;/h3-12H,1-2H3;1H. The van der Waals surface area contributed by atoms with Gasteiger partial charge in [-0.2, -0.15) is 0 Å². The van der Waals surface area contributed by atoms with Gasteiger partial charge in [0, 0.05) is 18.1 Å². The van der Waals surface area contributed by atoms with Crippen LogP contribution in [0, 0.1) is 6.92 Å². The van der Waals surface area contributed by atoms with Gasteiger partial charge in [0.15, 0.2) is 5.78 Å². The number of carbonyl (C=O) groups excluding carboxylic acids is 1. The van der Waals surface area contributed by atoms with E-state index in [9.17, 15) is 4.79 Å². The Balaban J connectivity index is 0.00000225. The number of hydrogen-bond donors (Lipinski definition) is 0. The topological polar surface area (TPSA) is 81.8 Å². The Morgan fingerprint density at radius 3 is 2.33 bits per heavy atom. The third-order valence-electron chi connectivity index (χ3n) is 4.19. The van der Waals surface area contributed by atoms with Crippen LogP contribution in [0.3, 0.4) is 0 Å². The molecular formula is C21H18N4O2. The maximum Gasteiger partial charge on any atom is 0.268 e. The summed E-state index contributed by atoms with van der Waals surface area (Å²) < 4.78 is 5.81. The van der Waals surface area contributed by atoms with Gasteiger partial charge in [0.05, 0.1) is 17.6 Å². The van der Waals surface area contributed by atoms with Crippen molar-refractivity contribution in [2.75, 3.05) is 0 Å². The smallest absolute Gasteiger partial charge is 0.268 e. The highest BCUT2D eigenvalue weighted by Crippen LogP contribution is 2.26. The lowest BCUT2D eigenvalue weighted by Gasteiger charge is -2.05. The lowest BCUT2D eigenvalue weighted by molar-refractivity contribution is 0.101. The summed E-state index contributed by atoms with van der Waals surface area (Å²) in [6, 6.07) is 16.8. The molecule has 0 aliphatic rings. The van der Waals surface area contributed by atoms with Crippen LogP contribution in [0.1, 0.15) is 24.4 Å². The van der Waals surface area contributed by atoms with Crippen molar-refractivity contribution in [1.29, 1.82) is 0 Å². The molecule has 0 bridgehead atoms. The Morgan fingerprint density at radius 2 is 1.63 bits per heavy atom. The summed E-state index contributed by atoms with van der Waals surface area (Å²) in [6.45, 7) is 3.38. The molecule has 0 N–H and O–H groups in total. The van der Waals surface area contributed by atoms with E-state index >= 15 is 0 Å². The van der Waals surface area contributed by atoms with E-state index in [4.69, 9.17) is 4.42 Å². The number of carbonyl (C=O) groups is 1. The van der Waals surface area contributed by atoms with Crippen molar-refractivity contribution in [1.82, 2.24) is 20.2 Å². The molecule has 134 valence electrons. The normalized spacial score (nSPS) is 10.7. The van der Waals surface area contributed by atoms with Crippen molar-refractivity contribution in [2.24, 2.45) is 0 Å². The minimum absolute atomic E-state index is 0. The molecule has 2 aromatic carbocycles. The van der Waals surface area contributed by atoms with Gasteiger partial charge in [-0.05, 0) is 26.0 Å². The third kappa shape index (κ3) is 3.37. The van der Waals surface area contributed by atoms with Crippen molar-refractivity contribution >= 4 is 5.78 Å². The number of aryl methyl sites for hydroxylation is 1. The molecule has 0 radical (unpaired) electrons. The maximum atomic E-state index is 11.4. The zero-order chi connectivity index (χ0) is 18.8. The zero-order valence-corrected chi connectivity index (χ0v) is 14.9. The number of nitrogens with zero attached hydrogens (tertiary/aromatic N) is 4. The SMILES string of the molecule is CC(=O)c1ccc(-c2cnc(C)c(-c3nnc(-c4ccccc4)o3)n2)cc1.[HH]. The first-order valence-corrected chi connectivity index (χ1v) is 8.46. The fraction of sp³-hybridized carbons (Fsp3) is 0.0952. The van der Waals surface area contributed by atoms with Gasteiger partial charge in [-0.1, -0.05) is 42.5 Å². The van der Waals surface area contributed by atoms with E-state index in [0.717, 1.165) is 11.1 Å². The Kier molecular flexibility index (Phi) is 4.30. The summed E-state index contributed by atoms with van der Waals surface area (Å²) in [5, 5.41) is 8.25. The van der Waals surface area contributed by atoms with Gasteiger partial charge in [-0.15, -0.1) is 10.2 Å². The lowest BCUT2D eigenvalue weighted by Crippen LogP contribution is -1.96. The fourth-order valence-corrected chi connectivity index (χ4v) is 2.68. The zero-order valence-electron chi connectivity index (χ0n) is 14.9. The number of ketones is 1. The van der Waals surface area contributed by atoms with Crippen LogP contribution in [0.15, 0.2) is 65.2 Å². The minimum Gasteiger partial charge on any atom is -0.415 e. The number of benzene rings is 2. The van der Waals surface area contributed by atoms with Crippen LogP contribution >= 0.6 is 0 Å². The molecule has 0 amide bonds. The Labute approximate surface area is 157 Å². The Bertz CT molecular complexity index is 1110. The Morgan fingerprint density at radius 1 is 0.926 bits per heavy atom. The molecule has 0 aliphatic carbocycles. The van der Waals surface area contributed by atoms with Gasteiger partial charge in [0.2, 0.25) is 5.89 Å². The largest absolute Gasteiger partial charge is 0.415 e. The number of hydrogen-bond acceptors (Lipinski definition) is 6. The quantitative estimate of drug-likeness (QED) is 0.495. The summed E-state index contributed by atoms with van der Waals surface area (Å²) in [6.07, 6.45) is 1.69. The number of aromatic nitrogens is 4. The van der Waals surface area contributed by atoms with Crippen molar-refractivity contribution in [2.45, 2.75) is 13.8 Å². The molecule has 6 nitrogen and oxygen atoms in total. The summed E-state index contributed by atoms with van der Waals surface area (Å²) in [4.78, 5) is 20.5. The summed E-state index contributed by atoms with van der Waals surface area (Å²) >= 11 is 0. The van der Waals surface area contributed by atoms with Gasteiger partial charge in [0.25, 0.3) is 5.89 Å². The van der Waals surface area contributed by atoms with Crippen molar-refractivity contribution in [3.8, 4) is 34.3 Å². The molecule has 0 spiro atoms. The van der Waals surface area contributed by atoms with Crippen LogP contribution in [0.4, 0.5) is 0 Å². The van der Waals surface area contributed by atoms with E-state index in [1.165, 1.54) is 0 Å². The maximum absolute atomic E-state index is 11.4. The van der Waals surface area contributed by atoms with Gasteiger partial charge >= 0.3 is 0 Å². The monoisotopic (exact) mass is 358 g/mol. The molecule has 2 heterocycles. The average molecular weight is 358 g/mol. The molecule has 4 aromatic rings. The molecule has 4 rings (SSSR count). The average Bonchev–Trinajstić information content (AvgIpc) is 3.19. The second-order valence-electron chi connectivity index (χ2n) is 6.10. The number of Topliss-reactive ketones (excluding diaryl/α,β-unsaturated/α-hetero) is 1. The van der Waals surface area contributed by atoms with Crippen LogP contribution in [0.25, 0.3) is 34.3 Å². The van der Waals surface area contributed by atoms with E-state index in [0.29, 0.717) is 34.4 Å². The first kappa shape index (κ1) is 16.8. The molecule has 0 fully saturated rings. The van der Waals surface area contributed by atoms with Gasteiger partial charge < -0.3 is 4.42 Å². The van der Waals surface area contributed by atoms with E-state index in [2.05, 4.69) is 20.2 Å². The summed E-state index contributed by atoms with van der Waals surface area (Å²) in [5.74, 6) is 0.778. The van der Waals surface area contributed by atoms with Crippen molar-refractivity contribution in [3.05, 3.63) is 72.1 Å². The van der Waals surface area contributed by atoms with Crippen LogP contribution in [-0.4, -0.2) is 25.9 Å². The van der Waals surface area contributed by atoms with E-state index < -0.39 is 0 Å². The fourth-order valence-electron chi connectivity index (χ4n) is 2.68. The van der Waals surface area contributed by atoms with Crippen LogP contribution in [-0.2, 0) is 0 Å². The summed E-state index contributed by atoms with van der Waals surface area (Å²) in [5.41, 5.74) is 4.27. The highest BCUT2D eigenvalue weighted by Gasteiger charge is 2.16. The highest BCUT2D eigenvalue weighted by atomic mass is 16.4. The van der Waals surface area contributed by atoms with Crippen LogP contribution < -0.4 is 0 Å². The first-order valence-electron chi connectivity index (χ1n) is 8.46. The lowest BCUT2D eigenvalue weighted by atomic mass is 10.1. The van der Waals surface area contributed by atoms with Gasteiger partial charge in [-0.3, -0.25) is 9.78 Å². The molecule has 0 unspecified atom stereocenters. The van der Waals surface area contributed by atoms with Gasteiger partial charge in [-0.25, -0.2) is 4.98 Å². The van der Waals surface area contributed by atoms with Gasteiger partial charge in [0.1, 0.15) is 5.69 Å². The van der Waals surface area contributed by atoms with Crippen LogP contribution in [0.5, 0.6) is 0 Å².